The highest BCUT2D eigenvalue weighted by atomic mass is 32.2. The van der Waals surface area contributed by atoms with E-state index in [-0.39, 0.29) is 37.1 Å². The average molecular weight is 416 g/mol. The molecule has 1 aromatic heterocycles. The van der Waals surface area contributed by atoms with Crippen LogP contribution in [0.3, 0.4) is 0 Å². The third-order valence-electron chi connectivity index (χ3n) is 5.51. The average Bonchev–Trinajstić information content (AvgIpc) is 3.11. The van der Waals surface area contributed by atoms with Crippen molar-refractivity contribution in [3.8, 4) is 0 Å². The summed E-state index contributed by atoms with van der Waals surface area (Å²) in [4.78, 5) is 18.8. The van der Waals surface area contributed by atoms with Crippen LogP contribution in [0.15, 0.2) is 60.3 Å². The summed E-state index contributed by atoms with van der Waals surface area (Å²) in [6.07, 6.45) is 5.21. The molecular formula is C22H22F2N2O2S. The van der Waals surface area contributed by atoms with Gasteiger partial charge in [-0.25, -0.2) is 8.78 Å². The number of carbonyl (C=O) groups is 1. The van der Waals surface area contributed by atoms with Gasteiger partial charge in [0, 0.05) is 48.0 Å². The molecule has 4 nitrogen and oxygen atoms in total. The number of hydrogen-bond donors (Lipinski definition) is 0. The highest BCUT2D eigenvalue weighted by Gasteiger charge is 2.45. The van der Waals surface area contributed by atoms with Gasteiger partial charge in [-0.15, -0.1) is 0 Å². The fourth-order valence-corrected chi connectivity index (χ4v) is 4.90. The van der Waals surface area contributed by atoms with Crippen molar-refractivity contribution in [2.75, 3.05) is 5.75 Å². The first kappa shape index (κ1) is 19.9. The largest absolute Gasteiger partial charge is 0.331 e. The van der Waals surface area contributed by atoms with Crippen molar-refractivity contribution < 1.29 is 17.8 Å². The van der Waals surface area contributed by atoms with Crippen molar-refractivity contribution >= 4 is 16.7 Å². The summed E-state index contributed by atoms with van der Waals surface area (Å²) in [5, 5.41) is 1.64. The maximum Gasteiger partial charge on any atom is 0.249 e. The minimum absolute atomic E-state index is 0.0571. The first-order valence-electron chi connectivity index (χ1n) is 9.60. The lowest BCUT2D eigenvalue weighted by Crippen LogP contribution is -2.40. The number of carbonyl (C=O) groups excluding carboxylic acids is 1. The van der Waals surface area contributed by atoms with Gasteiger partial charge in [0.1, 0.15) is 0 Å². The number of nitrogens with zero attached hydrogens (tertiary/aromatic N) is 2. The van der Waals surface area contributed by atoms with Gasteiger partial charge in [-0.05, 0) is 34.7 Å². The van der Waals surface area contributed by atoms with E-state index in [9.17, 15) is 17.8 Å². The van der Waals surface area contributed by atoms with Crippen LogP contribution in [-0.2, 0) is 28.6 Å². The van der Waals surface area contributed by atoms with Gasteiger partial charge in [0.15, 0.2) is 0 Å². The Kier molecular flexibility index (Phi) is 5.58. The fraction of sp³-hybridized carbons (Fsp3) is 0.364. The van der Waals surface area contributed by atoms with Crippen LogP contribution in [0.2, 0.25) is 0 Å². The standard InChI is InChI=1S/C22H22F2N2O2S/c23-22(24)12-19(13-22)18-3-1-16(2-4-18)11-21(27)26(20-7-10-29(28)15-20)14-17-5-8-25-9-6-17/h1-10,19-20H,11-15H2. The molecule has 2 aliphatic rings. The van der Waals surface area contributed by atoms with E-state index in [0.717, 1.165) is 16.7 Å². The van der Waals surface area contributed by atoms with Crippen molar-refractivity contribution in [2.45, 2.75) is 43.7 Å². The second-order valence-electron chi connectivity index (χ2n) is 7.70. The Labute approximate surface area is 171 Å². The van der Waals surface area contributed by atoms with Crippen LogP contribution in [0.1, 0.15) is 35.4 Å². The summed E-state index contributed by atoms with van der Waals surface area (Å²) in [5.41, 5.74) is 2.70. The minimum atomic E-state index is -2.54. The van der Waals surface area contributed by atoms with Gasteiger partial charge >= 0.3 is 0 Å². The van der Waals surface area contributed by atoms with E-state index in [0.29, 0.717) is 12.3 Å². The number of rotatable bonds is 6. The van der Waals surface area contributed by atoms with Gasteiger partial charge in [-0.3, -0.25) is 14.0 Å². The van der Waals surface area contributed by atoms with Crippen molar-refractivity contribution in [2.24, 2.45) is 0 Å². The van der Waals surface area contributed by atoms with Crippen LogP contribution in [0.4, 0.5) is 8.78 Å². The zero-order valence-corrected chi connectivity index (χ0v) is 16.7. The molecule has 2 unspecified atom stereocenters. The quantitative estimate of drug-likeness (QED) is 0.720. The van der Waals surface area contributed by atoms with E-state index in [2.05, 4.69) is 4.98 Å². The molecule has 1 aromatic carbocycles. The molecule has 0 spiro atoms. The number of pyridine rings is 1. The molecule has 1 aliphatic carbocycles. The van der Waals surface area contributed by atoms with Gasteiger partial charge in [0.25, 0.3) is 0 Å². The summed E-state index contributed by atoms with van der Waals surface area (Å²) in [6, 6.07) is 10.9. The molecular weight excluding hydrogens is 394 g/mol. The number of amides is 1. The second kappa shape index (κ2) is 8.14. The number of halogens is 2. The summed E-state index contributed by atoms with van der Waals surface area (Å²) < 4.78 is 38.0. The zero-order chi connectivity index (χ0) is 20.4. The van der Waals surface area contributed by atoms with Crippen molar-refractivity contribution in [3.05, 3.63) is 77.0 Å². The van der Waals surface area contributed by atoms with Gasteiger partial charge < -0.3 is 4.90 Å². The second-order valence-corrected chi connectivity index (χ2v) is 9.07. The highest BCUT2D eigenvalue weighted by Crippen LogP contribution is 2.48. The van der Waals surface area contributed by atoms with E-state index >= 15 is 0 Å². The number of benzene rings is 1. The van der Waals surface area contributed by atoms with Gasteiger partial charge in [0.2, 0.25) is 11.8 Å². The minimum Gasteiger partial charge on any atom is -0.331 e. The molecule has 0 radical (unpaired) electrons. The van der Waals surface area contributed by atoms with Crippen molar-refractivity contribution in [3.63, 3.8) is 0 Å². The molecule has 29 heavy (non-hydrogen) atoms. The Bertz CT molecular complexity index is 924. The van der Waals surface area contributed by atoms with Gasteiger partial charge in [-0.1, -0.05) is 30.3 Å². The smallest absolute Gasteiger partial charge is 0.249 e. The monoisotopic (exact) mass is 416 g/mol. The molecule has 2 atom stereocenters. The van der Waals surface area contributed by atoms with Gasteiger partial charge in [0.05, 0.1) is 18.2 Å². The number of hydrogen-bond acceptors (Lipinski definition) is 3. The third kappa shape index (κ3) is 4.78. The maximum atomic E-state index is 13.1. The van der Waals surface area contributed by atoms with Gasteiger partial charge in [-0.2, -0.15) is 0 Å². The molecule has 2 heterocycles. The first-order valence-corrected chi connectivity index (χ1v) is 11.0. The first-order chi connectivity index (χ1) is 13.9. The Morgan fingerprint density at radius 2 is 1.79 bits per heavy atom. The number of alkyl halides is 2. The lowest BCUT2D eigenvalue weighted by molar-refractivity contribution is -0.132. The van der Waals surface area contributed by atoms with Crippen molar-refractivity contribution in [1.82, 2.24) is 9.88 Å². The van der Waals surface area contributed by atoms with Crippen LogP contribution in [-0.4, -0.2) is 37.7 Å². The number of aromatic nitrogens is 1. The Morgan fingerprint density at radius 3 is 2.38 bits per heavy atom. The zero-order valence-electron chi connectivity index (χ0n) is 15.8. The van der Waals surface area contributed by atoms with Crippen LogP contribution in [0.25, 0.3) is 0 Å². The fourth-order valence-electron chi connectivity index (χ4n) is 3.81. The lowest BCUT2D eigenvalue weighted by Gasteiger charge is -2.35. The molecule has 2 aromatic rings. The van der Waals surface area contributed by atoms with E-state index in [4.69, 9.17) is 0 Å². The molecule has 152 valence electrons. The maximum absolute atomic E-state index is 13.1. The molecule has 0 saturated heterocycles. The highest BCUT2D eigenvalue weighted by molar-refractivity contribution is 7.88. The summed E-state index contributed by atoms with van der Waals surface area (Å²) in [7, 11) is -1.05. The topological polar surface area (TPSA) is 50.3 Å². The van der Waals surface area contributed by atoms with Crippen LogP contribution in [0, 0.1) is 0 Å². The van der Waals surface area contributed by atoms with E-state index in [1.807, 2.05) is 42.5 Å². The van der Waals surface area contributed by atoms with E-state index in [1.54, 1.807) is 22.7 Å². The van der Waals surface area contributed by atoms with Crippen LogP contribution >= 0.6 is 0 Å². The third-order valence-corrected chi connectivity index (χ3v) is 6.64. The normalized spacial score (nSPS) is 23.0. The SMILES string of the molecule is O=C(Cc1ccc(C2CC(F)(F)C2)cc1)N(Cc1ccncc1)C1C=CS(=O)C1. The van der Waals surface area contributed by atoms with E-state index < -0.39 is 16.7 Å². The Balaban J connectivity index is 1.44. The molecule has 4 rings (SSSR count). The molecule has 0 bridgehead atoms. The molecule has 0 N–H and O–H groups in total. The molecule has 1 saturated carbocycles. The lowest BCUT2D eigenvalue weighted by atomic mass is 9.76. The van der Waals surface area contributed by atoms with Crippen LogP contribution in [0.5, 0.6) is 0 Å². The summed E-state index contributed by atoms with van der Waals surface area (Å²) >= 11 is 0. The summed E-state index contributed by atoms with van der Waals surface area (Å²) in [6.45, 7) is 0.419. The molecule has 1 fully saturated rings. The predicted octanol–water partition coefficient (Wildman–Crippen LogP) is 3.81. The molecule has 1 amide bonds. The molecule has 7 heteroatoms. The molecule has 1 aliphatic heterocycles. The Morgan fingerprint density at radius 1 is 1.10 bits per heavy atom. The predicted molar refractivity (Wildman–Crippen MR) is 108 cm³/mol. The summed E-state index contributed by atoms with van der Waals surface area (Å²) in [5.74, 6) is -2.29. The Hall–Kier alpha value is -2.41. The van der Waals surface area contributed by atoms with Crippen LogP contribution < -0.4 is 0 Å². The van der Waals surface area contributed by atoms with Crippen molar-refractivity contribution in [1.29, 1.82) is 0 Å². The van der Waals surface area contributed by atoms with E-state index in [1.165, 1.54) is 0 Å².